The summed E-state index contributed by atoms with van der Waals surface area (Å²) in [6.45, 7) is 4.62. The molecule has 44 heavy (non-hydrogen) atoms. The summed E-state index contributed by atoms with van der Waals surface area (Å²) in [5.41, 5.74) is 0. The first kappa shape index (κ1) is 41.2. The van der Waals surface area contributed by atoms with Gasteiger partial charge in [-0.25, -0.2) is 0 Å². The Morgan fingerprint density at radius 3 is 0.886 bits per heavy atom. The van der Waals surface area contributed by atoms with Crippen LogP contribution in [0.15, 0.2) is 9.98 Å². The molecule has 1 aliphatic heterocycles. The number of hydrogen-bond donors (Lipinski definition) is 0. The molecule has 0 aromatic heterocycles. The minimum Gasteiger partial charge on any atom is -0.0968 e. The van der Waals surface area contributed by atoms with Crippen molar-refractivity contribution < 1.29 is 0 Å². The topological polar surface area (TPSA) is 24.7 Å². The fourth-order valence-corrected chi connectivity index (χ4v) is 7.17. The summed E-state index contributed by atoms with van der Waals surface area (Å²) in [6, 6.07) is 0. The number of rotatable bonds is 37. The van der Waals surface area contributed by atoms with Gasteiger partial charge in [0, 0.05) is 0 Å². The monoisotopic (exact) mass is 614 g/mol. The maximum atomic E-state index is 4.39. The molecule has 1 atom stereocenters. The van der Waals surface area contributed by atoms with Gasteiger partial charge in [-0.2, -0.15) is 0 Å². The molecular weight excluding hydrogens is 532 g/mol. The number of unbranched alkanes of at least 4 members (excludes halogenated alkanes) is 29. The minimum absolute atomic E-state index is 0.929. The van der Waals surface area contributed by atoms with Gasteiger partial charge in [0.25, 0.3) is 0 Å². The van der Waals surface area contributed by atoms with E-state index >= 15 is 0 Å². The Balaban J connectivity index is 1.98. The molecule has 0 aromatic carbocycles. The van der Waals surface area contributed by atoms with Crippen molar-refractivity contribution in [1.29, 1.82) is 0 Å². The van der Waals surface area contributed by atoms with Crippen LogP contribution >= 0.6 is 0 Å². The lowest BCUT2D eigenvalue weighted by Crippen LogP contribution is -2.02. The smallest absolute Gasteiger partial charge is 0.0968 e. The second-order valence-corrected chi connectivity index (χ2v) is 14.6. The zero-order valence-electron chi connectivity index (χ0n) is 30.6. The van der Waals surface area contributed by atoms with Gasteiger partial charge in [0.05, 0.1) is 6.42 Å². The van der Waals surface area contributed by atoms with Gasteiger partial charge in [-0.3, -0.25) is 0 Å². The summed E-state index contributed by atoms with van der Waals surface area (Å²) >= 11 is 0. The molecule has 0 radical (unpaired) electrons. The van der Waals surface area contributed by atoms with Crippen LogP contribution in [0.25, 0.3) is 0 Å². The van der Waals surface area contributed by atoms with E-state index in [1.54, 1.807) is 0 Å². The molecular formula is C42H81N2+. The van der Waals surface area contributed by atoms with Crippen LogP contribution in [0.5, 0.6) is 0 Å². The summed E-state index contributed by atoms with van der Waals surface area (Å²) in [5, 5.41) is 0. The second kappa shape index (κ2) is 35.1. The highest BCUT2D eigenvalue weighted by Gasteiger charge is 2.17. The van der Waals surface area contributed by atoms with Crippen molar-refractivity contribution in [2.45, 2.75) is 245 Å². The predicted octanol–water partition coefficient (Wildman–Crippen LogP) is 15.3. The Bertz CT molecular complexity index is 585. The van der Waals surface area contributed by atoms with Crippen LogP contribution in [0.2, 0.25) is 0 Å². The maximum absolute atomic E-state index is 4.39. The third-order valence-electron chi connectivity index (χ3n) is 10.2. The standard InChI is InChI=1S/C42H81N2/c1-3-5-7-9-11-13-15-17-19-21-23-25-27-29-31-33-36-41(37-34-38-42-43-39-40-44-42)35-32-30-28-26-24-22-20-18-16-14-12-10-8-6-4-2/h39-41H,3-38H2,1-2H3/q+1. The summed E-state index contributed by atoms with van der Waals surface area (Å²) < 4.78 is 0. The highest BCUT2D eigenvalue weighted by atomic mass is 15.0. The lowest BCUT2D eigenvalue weighted by atomic mass is 9.89. The molecule has 1 rings (SSSR count). The Hall–Kier alpha value is -0.790. The van der Waals surface area contributed by atoms with Crippen molar-refractivity contribution in [3.05, 3.63) is 6.17 Å². The van der Waals surface area contributed by atoms with E-state index in [1.807, 2.05) is 12.4 Å². The fourth-order valence-electron chi connectivity index (χ4n) is 7.17. The van der Waals surface area contributed by atoms with Crippen molar-refractivity contribution in [2.75, 3.05) is 0 Å². The summed E-state index contributed by atoms with van der Waals surface area (Å²) in [6.07, 6.45) is 56.7. The molecule has 2 nitrogen and oxygen atoms in total. The normalized spacial score (nSPS) is 13.5. The van der Waals surface area contributed by atoms with E-state index in [-0.39, 0.29) is 0 Å². The van der Waals surface area contributed by atoms with E-state index < -0.39 is 0 Å². The molecule has 1 heterocycles. The molecule has 0 aromatic rings. The van der Waals surface area contributed by atoms with Gasteiger partial charge in [-0.15, -0.1) is 0 Å². The molecule has 0 aliphatic carbocycles. The maximum Gasteiger partial charge on any atom is 0.240 e. The molecule has 258 valence electrons. The van der Waals surface area contributed by atoms with Gasteiger partial charge in [0.1, 0.15) is 0 Å². The molecule has 0 amide bonds. The van der Waals surface area contributed by atoms with Gasteiger partial charge in [0.15, 0.2) is 12.4 Å². The zero-order valence-corrected chi connectivity index (χ0v) is 30.6. The Labute approximate surface area is 278 Å². The third kappa shape index (κ3) is 29.9. The number of aliphatic imine (C=N–C) groups is 2. The lowest BCUT2D eigenvalue weighted by Gasteiger charge is -2.17. The van der Waals surface area contributed by atoms with Gasteiger partial charge < -0.3 is 0 Å². The van der Waals surface area contributed by atoms with Crippen LogP contribution in [0, 0.1) is 12.1 Å². The van der Waals surface area contributed by atoms with Gasteiger partial charge >= 0.3 is 0 Å². The van der Waals surface area contributed by atoms with Crippen LogP contribution in [-0.4, -0.2) is 12.4 Å². The van der Waals surface area contributed by atoms with E-state index in [2.05, 4.69) is 23.8 Å². The van der Waals surface area contributed by atoms with Crippen LogP contribution < -0.4 is 0 Å². The van der Waals surface area contributed by atoms with Crippen molar-refractivity contribution >= 4 is 12.4 Å². The zero-order chi connectivity index (χ0) is 31.4. The molecule has 0 saturated heterocycles. The molecule has 0 N–H and O–H groups in total. The molecule has 1 unspecified atom stereocenters. The summed E-state index contributed by atoms with van der Waals surface area (Å²) in [5.74, 6) is 0.929. The van der Waals surface area contributed by atoms with Crippen LogP contribution in [0.3, 0.4) is 0 Å². The highest BCUT2D eigenvalue weighted by molar-refractivity contribution is 6.18. The molecule has 0 fully saturated rings. The summed E-state index contributed by atoms with van der Waals surface area (Å²) in [7, 11) is 0. The molecule has 0 saturated carbocycles. The SMILES string of the molecule is CCCCCCCCCCCCCCCCCCC(CCCCCCCCCCCCCCCCC)CCC[C+]1N=CC=N1. The second-order valence-electron chi connectivity index (χ2n) is 14.6. The number of hydrogen-bond acceptors (Lipinski definition) is 2. The quantitative estimate of drug-likeness (QED) is 0.0492. The van der Waals surface area contributed by atoms with E-state index in [0.29, 0.717) is 0 Å². The molecule has 0 spiro atoms. The average Bonchev–Trinajstić information content (AvgIpc) is 3.56. The van der Waals surface area contributed by atoms with E-state index in [1.165, 1.54) is 225 Å². The average molecular weight is 614 g/mol. The fraction of sp³-hybridized carbons (Fsp3) is 0.929. The Morgan fingerprint density at radius 1 is 0.341 bits per heavy atom. The van der Waals surface area contributed by atoms with Crippen molar-refractivity contribution in [3.8, 4) is 0 Å². The Kier molecular flexibility index (Phi) is 32.9. The first-order valence-electron chi connectivity index (χ1n) is 20.8. The van der Waals surface area contributed by atoms with Crippen molar-refractivity contribution in [3.63, 3.8) is 0 Å². The van der Waals surface area contributed by atoms with Crippen LogP contribution in [0.1, 0.15) is 245 Å². The van der Waals surface area contributed by atoms with Crippen LogP contribution in [-0.2, 0) is 0 Å². The largest absolute Gasteiger partial charge is 0.240 e. The van der Waals surface area contributed by atoms with Crippen molar-refractivity contribution in [1.82, 2.24) is 0 Å². The number of nitrogens with zero attached hydrogens (tertiary/aromatic N) is 2. The van der Waals surface area contributed by atoms with Gasteiger partial charge in [0.2, 0.25) is 6.17 Å². The molecule has 0 bridgehead atoms. The first-order valence-corrected chi connectivity index (χ1v) is 20.8. The summed E-state index contributed by atoms with van der Waals surface area (Å²) in [4.78, 5) is 8.79. The molecule has 2 heteroatoms. The molecule has 1 aliphatic rings. The first-order chi connectivity index (χ1) is 21.9. The van der Waals surface area contributed by atoms with Gasteiger partial charge in [-0.1, -0.05) is 236 Å². The van der Waals surface area contributed by atoms with Gasteiger partial charge in [-0.05, 0) is 18.8 Å². The van der Waals surface area contributed by atoms with E-state index in [4.69, 9.17) is 0 Å². The van der Waals surface area contributed by atoms with Crippen molar-refractivity contribution in [2.24, 2.45) is 15.9 Å². The van der Waals surface area contributed by atoms with E-state index in [9.17, 15) is 0 Å². The highest BCUT2D eigenvalue weighted by Crippen LogP contribution is 2.26. The van der Waals surface area contributed by atoms with E-state index in [0.717, 1.165) is 18.5 Å². The third-order valence-corrected chi connectivity index (χ3v) is 10.2. The minimum atomic E-state index is 0.929. The van der Waals surface area contributed by atoms with Crippen LogP contribution in [0.4, 0.5) is 0 Å². The lowest BCUT2D eigenvalue weighted by molar-refractivity contribution is 0.369. The Morgan fingerprint density at radius 2 is 0.591 bits per heavy atom. The predicted molar refractivity (Wildman–Crippen MR) is 201 cm³/mol.